The molecule has 0 radical (unpaired) electrons. The van der Waals surface area contributed by atoms with Crippen LogP contribution in [0.1, 0.15) is 71.1 Å². The first-order chi connectivity index (χ1) is 6.84. The predicted molar refractivity (Wildman–Crippen MR) is 61.3 cm³/mol. The quantitative estimate of drug-likeness (QED) is 0.615. The zero-order valence-corrected chi connectivity index (χ0v) is 9.67. The van der Waals surface area contributed by atoms with Crippen LogP contribution in [-0.4, -0.2) is 11.2 Å². The Morgan fingerprint density at radius 2 is 1.71 bits per heavy atom. The van der Waals surface area contributed by atoms with E-state index in [1.54, 1.807) is 0 Å². The third-order valence-electron chi connectivity index (χ3n) is 3.55. The summed E-state index contributed by atoms with van der Waals surface area (Å²) in [4.78, 5) is 0. The van der Waals surface area contributed by atoms with E-state index in [0.29, 0.717) is 5.92 Å². The van der Waals surface area contributed by atoms with Gasteiger partial charge < -0.3 is 5.11 Å². The summed E-state index contributed by atoms with van der Waals surface area (Å²) < 4.78 is 0. The van der Waals surface area contributed by atoms with Gasteiger partial charge in [-0.15, -0.1) is 0 Å². The van der Waals surface area contributed by atoms with Crippen molar-refractivity contribution in [3.05, 3.63) is 0 Å². The van der Waals surface area contributed by atoms with Crippen molar-refractivity contribution in [1.29, 1.82) is 0 Å². The summed E-state index contributed by atoms with van der Waals surface area (Å²) in [6.45, 7) is 2.26. The fourth-order valence-electron chi connectivity index (χ4n) is 2.54. The number of aliphatic hydroxyl groups is 1. The normalized spacial score (nSPS) is 27.0. The standard InChI is InChI=1S/C13H26O/c1-2-3-4-5-6-7-9-12-10-8-11-13(12)14/h12-14H,2-11H2,1H3/t12?,13-/m1/s1. The lowest BCUT2D eigenvalue weighted by Crippen LogP contribution is -2.12. The number of unbranched alkanes of at least 4 members (excludes halogenated alkanes) is 5. The highest BCUT2D eigenvalue weighted by molar-refractivity contribution is 4.76. The molecule has 0 spiro atoms. The summed E-state index contributed by atoms with van der Waals surface area (Å²) in [6.07, 6.45) is 13.1. The van der Waals surface area contributed by atoms with Gasteiger partial charge in [0.05, 0.1) is 6.10 Å². The van der Waals surface area contributed by atoms with Crippen LogP contribution in [0.25, 0.3) is 0 Å². The van der Waals surface area contributed by atoms with Crippen LogP contribution in [0, 0.1) is 5.92 Å². The van der Waals surface area contributed by atoms with Crippen molar-refractivity contribution in [3.8, 4) is 0 Å². The second kappa shape index (κ2) is 7.28. The first-order valence-electron chi connectivity index (χ1n) is 6.52. The Hall–Kier alpha value is -0.0400. The van der Waals surface area contributed by atoms with Crippen molar-refractivity contribution in [1.82, 2.24) is 0 Å². The van der Waals surface area contributed by atoms with Crippen LogP contribution in [-0.2, 0) is 0 Å². The summed E-state index contributed by atoms with van der Waals surface area (Å²) in [5.41, 5.74) is 0. The Labute approximate surface area is 88.9 Å². The van der Waals surface area contributed by atoms with Gasteiger partial charge in [-0.2, -0.15) is 0 Å². The molecule has 0 bridgehead atoms. The van der Waals surface area contributed by atoms with Gasteiger partial charge in [0.2, 0.25) is 0 Å². The van der Waals surface area contributed by atoms with Crippen molar-refractivity contribution < 1.29 is 5.11 Å². The molecule has 14 heavy (non-hydrogen) atoms. The number of hydrogen-bond acceptors (Lipinski definition) is 1. The van der Waals surface area contributed by atoms with E-state index in [1.165, 1.54) is 57.8 Å². The van der Waals surface area contributed by atoms with Crippen molar-refractivity contribution in [2.24, 2.45) is 5.92 Å². The van der Waals surface area contributed by atoms with E-state index in [-0.39, 0.29) is 6.10 Å². The van der Waals surface area contributed by atoms with Gasteiger partial charge in [-0.05, 0) is 25.2 Å². The Morgan fingerprint density at radius 3 is 2.36 bits per heavy atom. The molecular weight excluding hydrogens is 172 g/mol. The van der Waals surface area contributed by atoms with Gasteiger partial charge in [-0.1, -0.05) is 51.9 Å². The fourth-order valence-corrected chi connectivity index (χ4v) is 2.54. The van der Waals surface area contributed by atoms with Crippen LogP contribution < -0.4 is 0 Å². The zero-order valence-electron chi connectivity index (χ0n) is 9.67. The molecule has 0 amide bonds. The molecule has 0 saturated heterocycles. The van der Waals surface area contributed by atoms with Crippen LogP contribution in [0.15, 0.2) is 0 Å². The molecule has 1 aliphatic rings. The van der Waals surface area contributed by atoms with Gasteiger partial charge in [-0.3, -0.25) is 0 Å². The molecule has 1 unspecified atom stereocenters. The third-order valence-corrected chi connectivity index (χ3v) is 3.55. The molecule has 1 saturated carbocycles. The highest BCUT2D eigenvalue weighted by Gasteiger charge is 2.23. The van der Waals surface area contributed by atoms with Crippen LogP contribution in [0.2, 0.25) is 0 Å². The number of rotatable bonds is 7. The Balaban J connectivity index is 1.88. The van der Waals surface area contributed by atoms with Crippen molar-refractivity contribution in [2.45, 2.75) is 77.2 Å². The lowest BCUT2D eigenvalue weighted by molar-refractivity contribution is 0.126. The van der Waals surface area contributed by atoms with Gasteiger partial charge in [0.15, 0.2) is 0 Å². The van der Waals surface area contributed by atoms with Gasteiger partial charge in [-0.25, -0.2) is 0 Å². The van der Waals surface area contributed by atoms with E-state index in [1.807, 2.05) is 0 Å². The molecule has 1 nitrogen and oxygen atoms in total. The Morgan fingerprint density at radius 1 is 1.00 bits per heavy atom. The van der Waals surface area contributed by atoms with Gasteiger partial charge in [0.25, 0.3) is 0 Å². The molecule has 0 aromatic heterocycles. The summed E-state index contributed by atoms with van der Waals surface area (Å²) in [5.74, 6) is 0.640. The van der Waals surface area contributed by atoms with E-state index < -0.39 is 0 Å². The summed E-state index contributed by atoms with van der Waals surface area (Å²) in [6, 6.07) is 0. The molecule has 84 valence electrons. The molecule has 1 aliphatic carbocycles. The maximum Gasteiger partial charge on any atom is 0.0568 e. The molecule has 1 fully saturated rings. The van der Waals surface area contributed by atoms with Crippen LogP contribution in [0.4, 0.5) is 0 Å². The monoisotopic (exact) mass is 198 g/mol. The molecule has 1 rings (SSSR count). The van der Waals surface area contributed by atoms with E-state index in [9.17, 15) is 5.11 Å². The molecule has 0 aliphatic heterocycles. The topological polar surface area (TPSA) is 20.2 Å². The maximum atomic E-state index is 9.63. The summed E-state index contributed by atoms with van der Waals surface area (Å²) >= 11 is 0. The second-order valence-corrected chi connectivity index (χ2v) is 4.81. The van der Waals surface area contributed by atoms with Crippen molar-refractivity contribution >= 4 is 0 Å². The fraction of sp³-hybridized carbons (Fsp3) is 1.00. The molecule has 0 heterocycles. The third kappa shape index (κ3) is 4.45. The smallest absolute Gasteiger partial charge is 0.0568 e. The average Bonchev–Trinajstić information content (AvgIpc) is 2.58. The van der Waals surface area contributed by atoms with Gasteiger partial charge >= 0.3 is 0 Å². The van der Waals surface area contributed by atoms with Crippen molar-refractivity contribution in [3.63, 3.8) is 0 Å². The van der Waals surface area contributed by atoms with E-state index in [0.717, 1.165) is 6.42 Å². The minimum Gasteiger partial charge on any atom is -0.393 e. The number of aliphatic hydroxyl groups excluding tert-OH is 1. The molecule has 1 heteroatoms. The average molecular weight is 198 g/mol. The van der Waals surface area contributed by atoms with Crippen LogP contribution >= 0.6 is 0 Å². The minimum absolute atomic E-state index is 0.0330. The molecule has 2 atom stereocenters. The van der Waals surface area contributed by atoms with E-state index >= 15 is 0 Å². The lowest BCUT2D eigenvalue weighted by atomic mass is 9.97. The molecule has 0 aromatic carbocycles. The summed E-state index contributed by atoms with van der Waals surface area (Å²) in [7, 11) is 0. The second-order valence-electron chi connectivity index (χ2n) is 4.81. The highest BCUT2D eigenvalue weighted by Crippen LogP contribution is 2.29. The Kier molecular flexibility index (Phi) is 6.25. The molecule has 0 aromatic rings. The SMILES string of the molecule is CCCCCCCCC1CCC[C@H]1O. The minimum atomic E-state index is 0.0330. The van der Waals surface area contributed by atoms with Gasteiger partial charge in [0, 0.05) is 0 Å². The van der Waals surface area contributed by atoms with E-state index in [2.05, 4.69) is 6.92 Å². The van der Waals surface area contributed by atoms with Crippen molar-refractivity contribution in [2.75, 3.05) is 0 Å². The molecule has 1 N–H and O–H groups in total. The highest BCUT2D eigenvalue weighted by atomic mass is 16.3. The largest absolute Gasteiger partial charge is 0.393 e. The molecular formula is C13H26O. The first kappa shape index (κ1) is 12.0. The number of hydrogen-bond donors (Lipinski definition) is 1. The lowest BCUT2D eigenvalue weighted by Gasteiger charge is -2.13. The maximum absolute atomic E-state index is 9.63. The predicted octanol–water partition coefficient (Wildman–Crippen LogP) is 3.90. The summed E-state index contributed by atoms with van der Waals surface area (Å²) in [5, 5.41) is 9.63. The van der Waals surface area contributed by atoms with Gasteiger partial charge in [0.1, 0.15) is 0 Å². The van der Waals surface area contributed by atoms with Crippen LogP contribution in [0.3, 0.4) is 0 Å². The first-order valence-corrected chi connectivity index (χ1v) is 6.52. The van der Waals surface area contributed by atoms with Crippen LogP contribution in [0.5, 0.6) is 0 Å². The zero-order chi connectivity index (χ0) is 10.2. The van der Waals surface area contributed by atoms with E-state index in [4.69, 9.17) is 0 Å². The Bertz CT molecular complexity index is 133.